The van der Waals surface area contributed by atoms with Crippen molar-refractivity contribution in [1.82, 2.24) is 25.4 Å². The molecule has 0 atom stereocenters. The van der Waals surface area contributed by atoms with Gasteiger partial charge < -0.3 is 29.3 Å². The molecule has 0 spiro atoms. The molecule has 1 aliphatic heterocycles. The minimum absolute atomic E-state index is 0.152. The molecule has 2 N–H and O–H groups in total. The van der Waals surface area contributed by atoms with Crippen LogP contribution in [-0.4, -0.2) is 74.4 Å². The maximum Gasteiger partial charge on any atom is 0.573 e. The average Bonchev–Trinajstić information content (AvgIpc) is 3.36. The largest absolute Gasteiger partial charge is 0.573 e. The Bertz CT molecular complexity index is 1020. The molecule has 14 heteroatoms. The van der Waals surface area contributed by atoms with Gasteiger partial charge in [-0.2, -0.15) is 4.80 Å². The predicted octanol–water partition coefficient (Wildman–Crippen LogP) is 0.864. The Hall–Kier alpha value is -3.39. The van der Waals surface area contributed by atoms with Gasteiger partial charge in [0, 0.05) is 44.0 Å². The number of piperazine rings is 1. The summed E-state index contributed by atoms with van der Waals surface area (Å²) in [5.41, 5.74) is 0.633. The second kappa shape index (κ2) is 8.39. The number of nitrogens with zero attached hydrogens (tertiary/aromatic N) is 7. The molecular formula is C17H18F3N7O4. The zero-order chi connectivity index (χ0) is 22.0. The second-order valence-corrected chi connectivity index (χ2v) is 6.72. The van der Waals surface area contributed by atoms with Crippen molar-refractivity contribution < 1.29 is 32.6 Å². The highest BCUT2D eigenvalue weighted by Crippen LogP contribution is 2.28. The molecule has 0 radical (unpaired) electrons. The molecular weight excluding hydrogens is 423 g/mol. The minimum atomic E-state index is -4.74. The first-order valence-electron chi connectivity index (χ1n) is 9.23. The van der Waals surface area contributed by atoms with Crippen molar-refractivity contribution in [3.63, 3.8) is 0 Å². The van der Waals surface area contributed by atoms with Gasteiger partial charge in [0.2, 0.25) is 11.6 Å². The summed E-state index contributed by atoms with van der Waals surface area (Å²) in [6.07, 6.45) is -6.34. The van der Waals surface area contributed by atoms with E-state index in [1.807, 2.05) is 9.80 Å². The molecule has 2 aromatic heterocycles. The van der Waals surface area contributed by atoms with Gasteiger partial charge in [-0.25, -0.2) is 0 Å². The Balaban J connectivity index is 1.37. The first-order chi connectivity index (χ1) is 14.8. The molecule has 0 saturated carbocycles. The quantitative estimate of drug-likeness (QED) is 0.532. The number of benzene rings is 1. The van der Waals surface area contributed by atoms with Gasteiger partial charge in [0.15, 0.2) is 12.1 Å². The predicted molar refractivity (Wildman–Crippen MR) is 99.1 cm³/mol. The lowest BCUT2D eigenvalue weighted by atomic mass is 10.2. The molecule has 1 aliphatic rings. The molecule has 31 heavy (non-hydrogen) atoms. The molecule has 0 bridgehead atoms. The van der Waals surface area contributed by atoms with Crippen LogP contribution >= 0.6 is 0 Å². The number of hydrogen-bond donors (Lipinski definition) is 2. The van der Waals surface area contributed by atoms with Crippen LogP contribution in [0.4, 0.5) is 24.7 Å². The van der Waals surface area contributed by atoms with E-state index in [1.165, 1.54) is 18.2 Å². The number of aromatic nitrogens is 5. The molecule has 3 aromatic rings. The zero-order valence-electron chi connectivity index (χ0n) is 16.0. The van der Waals surface area contributed by atoms with Gasteiger partial charge in [0.1, 0.15) is 12.3 Å². The summed E-state index contributed by atoms with van der Waals surface area (Å²) in [5.74, 6) is 0.720. The summed E-state index contributed by atoms with van der Waals surface area (Å²) in [6.45, 7) is 2.01. The van der Waals surface area contributed by atoms with E-state index in [-0.39, 0.29) is 23.9 Å². The van der Waals surface area contributed by atoms with Crippen molar-refractivity contribution in [2.75, 3.05) is 36.0 Å². The Morgan fingerprint density at radius 1 is 1.10 bits per heavy atom. The fraction of sp³-hybridized carbons (Fsp3) is 0.412. The molecule has 11 nitrogen and oxygen atoms in total. The number of aliphatic hydroxyl groups excluding tert-OH is 1. The van der Waals surface area contributed by atoms with Gasteiger partial charge >= 0.3 is 6.36 Å². The van der Waals surface area contributed by atoms with Crippen LogP contribution in [-0.2, 0) is 6.54 Å². The van der Waals surface area contributed by atoms with E-state index in [1.54, 1.807) is 12.1 Å². The maximum atomic E-state index is 12.4. The molecule has 1 saturated heterocycles. The van der Waals surface area contributed by atoms with Crippen molar-refractivity contribution in [2.24, 2.45) is 0 Å². The van der Waals surface area contributed by atoms with Crippen LogP contribution in [0.1, 0.15) is 0 Å². The lowest BCUT2D eigenvalue weighted by molar-refractivity contribution is -0.274. The van der Waals surface area contributed by atoms with E-state index >= 15 is 0 Å². The lowest BCUT2D eigenvalue weighted by Gasteiger charge is -2.36. The smallest absolute Gasteiger partial charge is 0.406 e. The second-order valence-electron chi connectivity index (χ2n) is 6.72. The van der Waals surface area contributed by atoms with Crippen molar-refractivity contribution >= 4 is 11.5 Å². The summed E-state index contributed by atoms with van der Waals surface area (Å²) in [4.78, 5) is 4.94. The van der Waals surface area contributed by atoms with Gasteiger partial charge in [-0.05, 0) is 17.3 Å². The van der Waals surface area contributed by atoms with Crippen LogP contribution < -0.4 is 14.5 Å². The number of anilines is 2. The molecule has 3 heterocycles. The van der Waals surface area contributed by atoms with Crippen molar-refractivity contribution in [3.05, 3.63) is 30.3 Å². The van der Waals surface area contributed by atoms with Crippen LogP contribution in [0.25, 0.3) is 11.6 Å². The third-order valence-corrected chi connectivity index (χ3v) is 4.52. The zero-order valence-corrected chi connectivity index (χ0v) is 16.0. The molecule has 0 aliphatic carbocycles. The Morgan fingerprint density at radius 3 is 2.55 bits per heavy atom. The molecule has 1 fully saturated rings. The third kappa shape index (κ3) is 5.21. The number of tetrazole rings is 1. The molecule has 0 unspecified atom stereocenters. The fourth-order valence-corrected chi connectivity index (χ4v) is 3.16. The van der Waals surface area contributed by atoms with Gasteiger partial charge in [0.05, 0.1) is 0 Å². The van der Waals surface area contributed by atoms with Gasteiger partial charge in [0.25, 0.3) is 0 Å². The number of alkyl halides is 3. The van der Waals surface area contributed by atoms with Crippen LogP contribution in [0, 0.1) is 0 Å². The van der Waals surface area contributed by atoms with Gasteiger partial charge in [-0.3, -0.25) is 0 Å². The Labute approximate surface area is 173 Å². The summed E-state index contributed by atoms with van der Waals surface area (Å²) in [6, 6.07) is 7.50. The highest BCUT2D eigenvalue weighted by atomic mass is 19.4. The number of ether oxygens (including phenoxy) is 1. The normalized spacial score (nSPS) is 15.0. The van der Waals surface area contributed by atoms with Crippen LogP contribution in [0.15, 0.2) is 34.9 Å². The topological polar surface area (TPSA) is 126 Å². The lowest BCUT2D eigenvalue weighted by Crippen LogP contribution is -2.46. The van der Waals surface area contributed by atoms with Crippen molar-refractivity contribution in [2.45, 2.75) is 19.2 Å². The number of hydrogen-bond acceptors (Lipinski definition) is 10. The van der Waals surface area contributed by atoms with E-state index in [0.717, 1.165) is 4.80 Å². The van der Waals surface area contributed by atoms with Gasteiger partial charge in [-0.1, -0.05) is 11.2 Å². The summed E-state index contributed by atoms with van der Waals surface area (Å²) in [5, 5.41) is 33.4. The van der Waals surface area contributed by atoms with E-state index in [9.17, 15) is 13.2 Å². The number of rotatable bonds is 6. The molecule has 166 valence electrons. The minimum Gasteiger partial charge on any atom is -0.406 e. The van der Waals surface area contributed by atoms with E-state index < -0.39 is 12.7 Å². The van der Waals surface area contributed by atoms with Crippen LogP contribution in [0.2, 0.25) is 0 Å². The monoisotopic (exact) mass is 441 g/mol. The van der Waals surface area contributed by atoms with E-state index in [4.69, 9.17) is 14.7 Å². The highest BCUT2D eigenvalue weighted by molar-refractivity contribution is 5.55. The van der Waals surface area contributed by atoms with Gasteiger partial charge in [-0.15, -0.1) is 23.4 Å². The van der Waals surface area contributed by atoms with Crippen molar-refractivity contribution in [1.29, 1.82) is 0 Å². The molecule has 4 rings (SSSR count). The van der Waals surface area contributed by atoms with E-state index in [2.05, 4.69) is 25.3 Å². The van der Waals surface area contributed by atoms with E-state index in [0.29, 0.717) is 37.7 Å². The summed E-state index contributed by atoms with van der Waals surface area (Å²) in [7, 11) is 0. The third-order valence-electron chi connectivity index (χ3n) is 4.52. The molecule has 0 amide bonds. The highest BCUT2D eigenvalue weighted by Gasteiger charge is 2.31. The van der Waals surface area contributed by atoms with Crippen LogP contribution in [0.5, 0.6) is 5.75 Å². The SMILES string of the molecule is OC(O)Cn1nnc(-c2cc(N3CCN(c4cccc(OC(F)(F)F)c4)CC3)no2)n1. The number of halogens is 3. The average molecular weight is 441 g/mol. The number of aliphatic hydroxyl groups is 2. The summed E-state index contributed by atoms with van der Waals surface area (Å²) < 4.78 is 46.6. The first-order valence-corrected chi connectivity index (χ1v) is 9.23. The van der Waals surface area contributed by atoms with Crippen molar-refractivity contribution in [3.8, 4) is 17.3 Å². The Morgan fingerprint density at radius 2 is 1.84 bits per heavy atom. The van der Waals surface area contributed by atoms with Crippen LogP contribution in [0.3, 0.4) is 0 Å². The fourth-order valence-electron chi connectivity index (χ4n) is 3.16. The Kier molecular flexibility index (Phi) is 5.65. The maximum absolute atomic E-state index is 12.4. The first kappa shape index (κ1) is 20.9. The summed E-state index contributed by atoms with van der Waals surface area (Å²) >= 11 is 0. The standard InChI is InChI=1S/C17H18F3N7O4/c18-17(19,20)30-12-3-1-2-11(8-12)25-4-6-26(7-5-25)14-9-13(31-23-14)16-21-24-27(22-16)10-15(28)29/h1-3,8-9,15,28-29H,4-7,10H2. The molecule has 1 aromatic carbocycles.